The average Bonchev–Trinajstić information content (AvgIpc) is 2.61. The van der Waals surface area contributed by atoms with Crippen molar-refractivity contribution < 1.29 is 4.79 Å². The van der Waals surface area contributed by atoms with Crippen LogP contribution < -0.4 is 4.90 Å². The van der Waals surface area contributed by atoms with Gasteiger partial charge in [0.05, 0.1) is 0 Å². The Kier molecular flexibility index (Phi) is 4.52. The molecule has 0 spiro atoms. The molecule has 0 aromatic heterocycles. The van der Waals surface area contributed by atoms with E-state index in [9.17, 15) is 4.79 Å². The van der Waals surface area contributed by atoms with Gasteiger partial charge < -0.3 is 9.80 Å². The minimum Gasteiger partial charge on any atom is -0.378 e. The molecule has 0 heterocycles. The molecule has 0 fully saturated rings. The lowest BCUT2D eigenvalue weighted by molar-refractivity contribution is 0.0785. The Balaban J connectivity index is 1.75. The number of anilines is 1. The van der Waals surface area contributed by atoms with Crippen molar-refractivity contribution in [2.24, 2.45) is 0 Å². The van der Waals surface area contributed by atoms with Gasteiger partial charge in [0.25, 0.3) is 5.91 Å². The van der Waals surface area contributed by atoms with Gasteiger partial charge in [0.2, 0.25) is 0 Å². The summed E-state index contributed by atoms with van der Waals surface area (Å²) in [6, 6.07) is 22.3. The second kappa shape index (κ2) is 6.75. The third-order valence-electron chi connectivity index (χ3n) is 4.21. The highest BCUT2D eigenvalue weighted by Crippen LogP contribution is 2.18. The molecule has 0 aliphatic rings. The minimum absolute atomic E-state index is 0.0356. The van der Waals surface area contributed by atoms with E-state index in [4.69, 9.17) is 0 Å². The monoisotopic (exact) mass is 318 g/mol. The maximum absolute atomic E-state index is 12.6. The second-order valence-electron chi connectivity index (χ2n) is 6.28. The van der Waals surface area contributed by atoms with Crippen LogP contribution in [0, 0.1) is 0 Å². The molecule has 0 aliphatic carbocycles. The number of hydrogen-bond donors (Lipinski definition) is 0. The van der Waals surface area contributed by atoms with E-state index in [0.717, 1.165) is 11.3 Å². The summed E-state index contributed by atoms with van der Waals surface area (Å²) < 4.78 is 0. The molecule has 24 heavy (non-hydrogen) atoms. The molecule has 3 aromatic carbocycles. The van der Waals surface area contributed by atoms with Gasteiger partial charge in [0.1, 0.15) is 0 Å². The molecule has 3 nitrogen and oxygen atoms in total. The molecule has 1 amide bonds. The van der Waals surface area contributed by atoms with Crippen LogP contribution in [0.4, 0.5) is 5.69 Å². The predicted octanol–water partition coefficient (Wildman–Crippen LogP) is 4.18. The van der Waals surface area contributed by atoms with Crippen molar-refractivity contribution in [3.63, 3.8) is 0 Å². The Morgan fingerprint density at radius 2 is 1.50 bits per heavy atom. The van der Waals surface area contributed by atoms with E-state index in [1.54, 1.807) is 4.90 Å². The maximum Gasteiger partial charge on any atom is 0.253 e. The van der Waals surface area contributed by atoms with Gasteiger partial charge in [0.15, 0.2) is 0 Å². The quantitative estimate of drug-likeness (QED) is 0.720. The number of carbonyl (C=O) groups is 1. The molecule has 0 bridgehead atoms. The van der Waals surface area contributed by atoms with Crippen LogP contribution in [-0.2, 0) is 6.54 Å². The number of rotatable bonds is 4. The van der Waals surface area contributed by atoms with Crippen LogP contribution in [0.15, 0.2) is 66.7 Å². The molecule has 0 N–H and O–H groups in total. The predicted molar refractivity (Wildman–Crippen MR) is 101 cm³/mol. The van der Waals surface area contributed by atoms with Crippen molar-refractivity contribution in [1.82, 2.24) is 4.90 Å². The van der Waals surface area contributed by atoms with Crippen LogP contribution in [0.5, 0.6) is 0 Å². The Morgan fingerprint density at radius 1 is 0.833 bits per heavy atom. The average molecular weight is 318 g/mol. The van der Waals surface area contributed by atoms with Crippen LogP contribution in [0.25, 0.3) is 10.8 Å². The fourth-order valence-electron chi connectivity index (χ4n) is 2.81. The van der Waals surface area contributed by atoms with Gasteiger partial charge in [-0.2, -0.15) is 0 Å². The van der Waals surface area contributed by atoms with Gasteiger partial charge in [-0.05, 0) is 46.7 Å². The van der Waals surface area contributed by atoms with Crippen molar-refractivity contribution in [3.05, 3.63) is 77.9 Å². The zero-order chi connectivity index (χ0) is 17.1. The SMILES string of the molecule is CN(Cc1ccc2ccccc2c1)C(=O)c1ccc(N(C)C)cc1. The molecule has 0 saturated heterocycles. The zero-order valence-corrected chi connectivity index (χ0v) is 14.4. The largest absolute Gasteiger partial charge is 0.378 e. The van der Waals surface area contributed by atoms with Gasteiger partial charge in [-0.15, -0.1) is 0 Å². The molecule has 0 aliphatic heterocycles. The van der Waals surface area contributed by atoms with Crippen molar-refractivity contribution >= 4 is 22.4 Å². The van der Waals surface area contributed by atoms with E-state index in [1.807, 2.05) is 62.4 Å². The van der Waals surface area contributed by atoms with Gasteiger partial charge in [-0.1, -0.05) is 36.4 Å². The van der Waals surface area contributed by atoms with Crippen molar-refractivity contribution in [2.75, 3.05) is 26.0 Å². The summed E-state index contributed by atoms with van der Waals surface area (Å²) in [5.41, 5.74) is 2.93. The fraction of sp³-hybridized carbons (Fsp3) is 0.190. The van der Waals surface area contributed by atoms with Crippen LogP contribution >= 0.6 is 0 Å². The summed E-state index contributed by atoms with van der Waals surface area (Å²) in [5, 5.41) is 2.42. The lowest BCUT2D eigenvalue weighted by Gasteiger charge is -2.18. The van der Waals surface area contributed by atoms with Gasteiger partial charge in [-0.25, -0.2) is 0 Å². The Hall–Kier alpha value is -2.81. The molecule has 0 unspecified atom stereocenters. The summed E-state index contributed by atoms with van der Waals surface area (Å²) >= 11 is 0. The number of carbonyl (C=O) groups excluding carboxylic acids is 1. The number of hydrogen-bond acceptors (Lipinski definition) is 2. The van der Waals surface area contributed by atoms with Gasteiger partial charge >= 0.3 is 0 Å². The first-order valence-corrected chi connectivity index (χ1v) is 8.05. The standard InChI is InChI=1S/C21H22N2O/c1-22(2)20-12-10-18(11-13-20)21(24)23(3)15-16-8-9-17-6-4-5-7-19(17)14-16/h4-14H,15H2,1-3H3. The highest BCUT2D eigenvalue weighted by atomic mass is 16.2. The smallest absolute Gasteiger partial charge is 0.253 e. The zero-order valence-electron chi connectivity index (χ0n) is 14.4. The molecule has 0 radical (unpaired) electrons. The molecule has 0 saturated carbocycles. The van der Waals surface area contributed by atoms with Crippen LogP contribution in [0.1, 0.15) is 15.9 Å². The Bertz CT molecular complexity index is 853. The first kappa shape index (κ1) is 16.1. The highest BCUT2D eigenvalue weighted by molar-refractivity contribution is 5.94. The summed E-state index contributed by atoms with van der Waals surface area (Å²) in [6.45, 7) is 0.596. The van der Waals surface area contributed by atoms with E-state index >= 15 is 0 Å². The molecular formula is C21H22N2O. The number of amides is 1. The van der Waals surface area contributed by atoms with Gasteiger partial charge in [0, 0.05) is 38.9 Å². The van der Waals surface area contributed by atoms with Gasteiger partial charge in [-0.3, -0.25) is 4.79 Å². The first-order chi connectivity index (χ1) is 11.5. The topological polar surface area (TPSA) is 23.6 Å². The first-order valence-electron chi connectivity index (χ1n) is 8.05. The molecule has 0 atom stereocenters. The second-order valence-corrected chi connectivity index (χ2v) is 6.28. The number of benzene rings is 3. The Morgan fingerprint density at radius 3 is 2.17 bits per heavy atom. The molecule has 3 aromatic rings. The van der Waals surface area contributed by atoms with Crippen molar-refractivity contribution in [3.8, 4) is 0 Å². The molecule has 3 rings (SSSR count). The lowest BCUT2D eigenvalue weighted by Crippen LogP contribution is -2.26. The third kappa shape index (κ3) is 3.40. The van der Waals surface area contributed by atoms with Crippen molar-refractivity contribution in [1.29, 1.82) is 0 Å². The van der Waals surface area contributed by atoms with E-state index in [2.05, 4.69) is 30.3 Å². The van der Waals surface area contributed by atoms with Crippen molar-refractivity contribution in [2.45, 2.75) is 6.54 Å². The van der Waals surface area contributed by atoms with Crippen LogP contribution in [0.2, 0.25) is 0 Å². The minimum atomic E-state index is 0.0356. The van der Waals surface area contributed by atoms with Crippen LogP contribution in [-0.4, -0.2) is 32.0 Å². The van der Waals surface area contributed by atoms with Crippen LogP contribution in [0.3, 0.4) is 0 Å². The summed E-state index contributed by atoms with van der Waals surface area (Å²) in [4.78, 5) is 16.4. The number of fused-ring (bicyclic) bond motifs is 1. The van der Waals surface area contributed by atoms with E-state index in [-0.39, 0.29) is 5.91 Å². The van der Waals surface area contributed by atoms with E-state index < -0.39 is 0 Å². The molecule has 122 valence electrons. The summed E-state index contributed by atoms with van der Waals surface area (Å²) in [6.07, 6.45) is 0. The Labute approximate surface area is 143 Å². The highest BCUT2D eigenvalue weighted by Gasteiger charge is 2.12. The van der Waals surface area contributed by atoms with E-state index in [0.29, 0.717) is 12.1 Å². The normalized spacial score (nSPS) is 10.6. The number of nitrogens with zero attached hydrogens (tertiary/aromatic N) is 2. The summed E-state index contributed by atoms with van der Waals surface area (Å²) in [7, 11) is 5.82. The fourth-order valence-corrected chi connectivity index (χ4v) is 2.81. The summed E-state index contributed by atoms with van der Waals surface area (Å²) in [5.74, 6) is 0.0356. The van der Waals surface area contributed by atoms with E-state index in [1.165, 1.54) is 10.8 Å². The molecular weight excluding hydrogens is 296 g/mol. The lowest BCUT2D eigenvalue weighted by atomic mass is 10.1. The maximum atomic E-state index is 12.6. The molecule has 3 heteroatoms. The third-order valence-corrected chi connectivity index (χ3v) is 4.21.